The van der Waals surface area contributed by atoms with Crippen molar-refractivity contribution < 1.29 is 24.2 Å². The van der Waals surface area contributed by atoms with Gasteiger partial charge >= 0.3 is 0 Å². The first-order valence-electron chi connectivity index (χ1n) is 11.2. The molecule has 1 aromatic carbocycles. The van der Waals surface area contributed by atoms with Crippen LogP contribution >= 0.6 is 11.3 Å². The highest BCUT2D eigenvalue weighted by Crippen LogP contribution is 2.42. The molecule has 1 aliphatic rings. The van der Waals surface area contributed by atoms with E-state index in [0.29, 0.717) is 54.7 Å². The summed E-state index contributed by atoms with van der Waals surface area (Å²) in [6.07, 6.45) is 5.89. The number of ketones is 1. The summed E-state index contributed by atoms with van der Waals surface area (Å²) in [5.74, 6) is -0.291. The number of imidazole rings is 1. The topological polar surface area (TPSA) is 93.9 Å². The minimum Gasteiger partial charge on any atom is -0.503 e. The lowest BCUT2D eigenvalue weighted by Crippen LogP contribution is -2.32. The number of nitrogens with zero attached hydrogens (tertiary/aromatic N) is 3. The summed E-state index contributed by atoms with van der Waals surface area (Å²) in [5, 5.41) is 12.6. The maximum Gasteiger partial charge on any atom is 0.290 e. The molecular weight excluding hydrogens is 454 g/mol. The first-order chi connectivity index (χ1) is 16.5. The van der Waals surface area contributed by atoms with Crippen LogP contribution in [-0.2, 0) is 11.3 Å². The number of amides is 1. The average molecular weight is 482 g/mol. The number of carbonyl (C=O) groups excluding carboxylic acids is 2. The maximum atomic E-state index is 13.4. The van der Waals surface area contributed by atoms with Crippen LogP contribution in [0.25, 0.3) is 0 Å². The number of aromatic nitrogens is 2. The fraction of sp³-hybridized carbons (Fsp3) is 0.320. The Morgan fingerprint density at radius 1 is 1.15 bits per heavy atom. The molecule has 0 radical (unpaired) electrons. The van der Waals surface area contributed by atoms with Gasteiger partial charge in [0, 0.05) is 25.5 Å². The smallest absolute Gasteiger partial charge is 0.290 e. The molecule has 1 amide bonds. The quantitative estimate of drug-likeness (QED) is 0.408. The Labute approximate surface area is 202 Å². The second-order valence-corrected chi connectivity index (χ2v) is 8.64. The molecule has 34 heavy (non-hydrogen) atoms. The van der Waals surface area contributed by atoms with Crippen molar-refractivity contribution in [2.24, 2.45) is 0 Å². The van der Waals surface area contributed by atoms with Crippen LogP contribution in [0.2, 0.25) is 0 Å². The summed E-state index contributed by atoms with van der Waals surface area (Å²) in [4.78, 5) is 32.6. The summed E-state index contributed by atoms with van der Waals surface area (Å²) in [7, 11) is 0. The predicted octanol–water partition coefficient (Wildman–Crippen LogP) is 4.41. The zero-order valence-corrected chi connectivity index (χ0v) is 20.0. The number of Topliss-reactive ketones (excluding diaryl/α,β-unsaturated/α-hetero) is 1. The van der Waals surface area contributed by atoms with Crippen LogP contribution in [0.1, 0.15) is 41.5 Å². The van der Waals surface area contributed by atoms with Gasteiger partial charge in [-0.3, -0.25) is 9.59 Å². The zero-order chi connectivity index (χ0) is 24.1. The molecule has 0 fully saturated rings. The minimum atomic E-state index is -0.736. The van der Waals surface area contributed by atoms with Gasteiger partial charge in [0.25, 0.3) is 5.91 Å². The van der Waals surface area contributed by atoms with Crippen molar-refractivity contribution in [2.45, 2.75) is 32.9 Å². The van der Waals surface area contributed by atoms with Crippen LogP contribution in [-0.4, -0.2) is 51.0 Å². The number of thiophene rings is 1. The largest absolute Gasteiger partial charge is 0.503 e. The number of aryl methyl sites for hydroxylation is 1. The summed E-state index contributed by atoms with van der Waals surface area (Å²) in [5.41, 5.74) is 0.758. The number of benzene rings is 1. The van der Waals surface area contributed by atoms with Gasteiger partial charge in [-0.25, -0.2) is 4.98 Å². The van der Waals surface area contributed by atoms with Gasteiger partial charge in [-0.05, 0) is 49.4 Å². The lowest BCUT2D eigenvalue weighted by molar-refractivity contribution is -0.129. The first kappa shape index (κ1) is 23.6. The Balaban J connectivity index is 1.71. The van der Waals surface area contributed by atoms with Crippen LogP contribution < -0.4 is 9.47 Å². The third-order valence-electron chi connectivity index (χ3n) is 5.55. The Kier molecular flexibility index (Phi) is 7.32. The molecule has 0 aliphatic carbocycles. The fourth-order valence-corrected chi connectivity index (χ4v) is 4.76. The van der Waals surface area contributed by atoms with Crippen molar-refractivity contribution in [3.8, 4) is 11.5 Å². The van der Waals surface area contributed by atoms with Crippen LogP contribution in [0.3, 0.4) is 0 Å². The Morgan fingerprint density at radius 2 is 1.94 bits per heavy atom. The van der Waals surface area contributed by atoms with Crippen molar-refractivity contribution in [3.63, 3.8) is 0 Å². The van der Waals surface area contributed by atoms with Gasteiger partial charge in [-0.15, -0.1) is 11.3 Å². The predicted molar refractivity (Wildman–Crippen MR) is 128 cm³/mol. The second-order valence-electron chi connectivity index (χ2n) is 7.70. The minimum absolute atomic E-state index is 0.0849. The molecule has 3 heterocycles. The molecular formula is C25H27N3O5S. The molecule has 0 saturated carbocycles. The highest BCUT2D eigenvalue weighted by molar-refractivity contribution is 7.12. The van der Waals surface area contributed by atoms with Crippen molar-refractivity contribution in [2.75, 3.05) is 19.8 Å². The van der Waals surface area contributed by atoms with Gasteiger partial charge in [-0.2, -0.15) is 0 Å². The van der Waals surface area contributed by atoms with Gasteiger partial charge in [0.2, 0.25) is 5.78 Å². The Morgan fingerprint density at radius 3 is 2.62 bits per heavy atom. The number of hydrogen-bond donors (Lipinski definition) is 1. The normalized spacial score (nSPS) is 15.8. The molecule has 0 unspecified atom stereocenters. The van der Waals surface area contributed by atoms with E-state index in [9.17, 15) is 14.7 Å². The number of rotatable bonds is 11. The molecule has 1 aliphatic heterocycles. The van der Waals surface area contributed by atoms with E-state index in [4.69, 9.17) is 9.47 Å². The van der Waals surface area contributed by atoms with E-state index in [1.165, 1.54) is 11.3 Å². The Bertz CT molecular complexity index is 1170. The number of aliphatic hydroxyl groups is 1. The van der Waals surface area contributed by atoms with Crippen molar-refractivity contribution in [3.05, 3.63) is 76.2 Å². The molecule has 0 bridgehead atoms. The monoisotopic (exact) mass is 481 g/mol. The van der Waals surface area contributed by atoms with E-state index in [1.807, 2.05) is 30.7 Å². The number of ether oxygens (including phenoxy) is 2. The van der Waals surface area contributed by atoms with Crippen LogP contribution in [0, 0.1) is 0 Å². The fourth-order valence-electron chi connectivity index (χ4n) is 4.08. The molecule has 8 nitrogen and oxygen atoms in total. The third-order valence-corrected chi connectivity index (χ3v) is 6.42. The molecule has 1 atom stereocenters. The average Bonchev–Trinajstić information content (AvgIpc) is 3.59. The summed E-state index contributed by atoms with van der Waals surface area (Å²) in [6.45, 7) is 5.68. The van der Waals surface area contributed by atoms with Crippen LogP contribution in [0.5, 0.6) is 11.5 Å². The molecule has 3 aromatic rings. The lowest BCUT2D eigenvalue weighted by atomic mass is 9.95. The molecule has 178 valence electrons. The SMILES string of the molecule is CCOc1ccc([C@H]2C(C(=O)c3cccs3)=C(O)C(=O)N2CCCn2ccnc2)cc1OCC. The summed E-state index contributed by atoms with van der Waals surface area (Å²) >= 11 is 1.28. The number of hydrogen-bond acceptors (Lipinski definition) is 7. The van der Waals surface area contributed by atoms with E-state index >= 15 is 0 Å². The van der Waals surface area contributed by atoms with Crippen molar-refractivity contribution >= 4 is 23.0 Å². The third kappa shape index (κ3) is 4.70. The van der Waals surface area contributed by atoms with Gasteiger partial charge in [0.15, 0.2) is 17.3 Å². The van der Waals surface area contributed by atoms with Gasteiger partial charge in [0.1, 0.15) is 0 Å². The molecule has 2 aromatic heterocycles. The van der Waals surface area contributed by atoms with Gasteiger partial charge in [-0.1, -0.05) is 12.1 Å². The first-order valence-corrected chi connectivity index (χ1v) is 12.1. The lowest BCUT2D eigenvalue weighted by Gasteiger charge is -2.27. The highest BCUT2D eigenvalue weighted by atomic mass is 32.1. The second kappa shape index (κ2) is 10.6. The molecule has 9 heteroatoms. The van der Waals surface area contributed by atoms with E-state index in [0.717, 1.165) is 0 Å². The summed E-state index contributed by atoms with van der Waals surface area (Å²) < 4.78 is 13.4. The van der Waals surface area contributed by atoms with E-state index in [-0.39, 0.29) is 11.4 Å². The van der Waals surface area contributed by atoms with E-state index < -0.39 is 17.7 Å². The molecule has 0 saturated heterocycles. The van der Waals surface area contributed by atoms with Crippen molar-refractivity contribution in [1.82, 2.24) is 14.5 Å². The zero-order valence-electron chi connectivity index (χ0n) is 19.1. The van der Waals surface area contributed by atoms with Crippen molar-refractivity contribution in [1.29, 1.82) is 0 Å². The molecule has 4 rings (SSSR count). The van der Waals surface area contributed by atoms with E-state index in [1.54, 1.807) is 47.1 Å². The molecule has 0 spiro atoms. The van der Waals surface area contributed by atoms with Crippen LogP contribution in [0.15, 0.2) is 65.8 Å². The Hall–Kier alpha value is -3.59. The standard InChI is InChI=1S/C25H27N3O5S/c1-3-32-18-9-8-17(15-19(18)33-4-2)22-21(23(29)20-7-5-14-34-20)24(30)25(31)28(22)12-6-11-27-13-10-26-16-27/h5,7-10,13-16,22,30H,3-4,6,11-12H2,1-2H3/t22-/m0/s1. The van der Waals surface area contributed by atoms with Gasteiger partial charge in [0.05, 0.1) is 36.0 Å². The molecule has 1 N–H and O–H groups in total. The number of carbonyl (C=O) groups is 2. The number of aliphatic hydroxyl groups excluding tert-OH is 1. The summed E-state index contributed by atoms with van der Waals surface area (Å²) in [6, 6.07) is 8.11. The van der Waals surface area contributed by atoms with Gasteiger partial charge < -0.3 is 24.0 Å². The maximum absolute atomic E-state index is 13.4. The van der Waals surface area contributed by atoms with Crippen LogP contribution in [0.4, 0.5) is 0 Å². The highest BCUT2D eigenvalue weighted by Gasteiger charge is 2.44. The van der Waals surface area contributed by atoms with E-state index in [2.05, 4.69) is 4.98 Å².